The van der Waals surface area contributed by atoms with E-state index in [1.54, 1.807) is 24.3 Å². The molecule has 0 aromatic heterocycles. The van der Waals surface area contributed by atoms with Crippen molar-refractivity contribution in [3.63, 3.8) is 0 Å². The molecule has 1 aromatic carbocycles. The predicted molar refractivity (Wildman–Crippen MR) is 86.1 cm³/mol. The standard InChI is InChI=1S/C15H19ClN2OS/c1-10-6-8-15(9-7-10,14(17)20)18-13(19)11-2-4-12(16)5-3-11/h2-5,10H,6-9H2,1H3,(H2,17,20)(H,18,19). The first-order valence-corrected chi connectivity index (χ1v) is 7.59. The molecule has 1 saturated carbocycles. The number of nitrogens with two attached hydrogens (primary N) is 1. The van der Waals surface area contributed by atoms with Crippen LogP contribution in [0.25, 0.3) is 0 Å². The van der Waals surface area contributed by atoms with Crippen LogP contribution in [0.15, 0.2) is 24.3 Å². The molecular weight excluding hydrogens is 292 g/mol. The molecule has 1 aliphatic carbocycles. The molecule has 0 unspecified atom stereocenters. The van der Waals surface area contributed by atoms with Crippen molar-refractivity contribution < 1.29 is 4.79 Å². The number of halogens is 1. The van der Waals surface area contributed by atoms with E-state index < -0.39 is 5.54 Å². The molecule has 0 atom stereocenters. The van der Waals surface area contributed by atoms with Gasteiger partial charge in [-0.15, -0.1) is 0 Å². The van der Waals surface area contributed by atoms with Gasteiger partial charge >= 0.3 is 0 Å². The first kappa shape index (κ1) is 15.3. The van der Waals surface area contributed by atoms with E-state index in [1.165, 1.54) is 0 Å². The van der Waals surface area contributed by atoms with E-state index in [-0.39, 0.29) is 5.91 Å². The van der Waals surface area contributed by atoms with E-state index in [1.807, 2.05) is 0 Å². The second kappa shape index (κ2) is 6.10. The number of thiocarbonyl (C=S) groups is 1. The van der Waals surface area contributed by atoms with Gasteiger partial charge in [-0.25, -0.2) is 0 Å². The Labute approximate surface area is 129 Å². The van der Waals surface area contributed by atoms with E-state index in [2.05, 4.69) is 12.2 Å². The quantitative estimate of drug-likeness (QED) is 0.842. The number of nitrogens with one attached hydrogen (secondary N) is 1. The minimum atomic E-state index is -0.543. The zero-order chi connectivity index (χ0) is 14.8. The highest BCUT2D eigenvalue weighted by atomic mass is 35.5. The average molecular weight is 311 g/mol. The van der Waals surface area contributed by atoms with Crippen LogP contribution in [0.5, 0.6) is 0 Å². The second-order valence-corrected chi connectivity index (χ2v) is 6.47. The molecule has 0 heterocycles. The van der Waals surface area contributed by atoms with Crippen LogP contribution in [0, 0.1) is 5.92 Å². The van der Waals surface area contributed by atoms with Crippen LogP contribution in [0.1, 0.15) is 43.0 Å². The molecule has 0 spiro atoms. The SMILES string of the molecule is CC1CCC(NC(=O)c2ccc(Cl)cc2)(C(N)=S)CC1. The van der Waals surface area contributed by atoms with Crippen LogP contribution in [-0.4, -0.2) is 16.4 Å². The van der Waals surface area contributed by atoms with Gasteiger partial charge in [-0.1, -0.05) is 30.7 Å². The lowest BCUT2D eigenvalue weighted by Gasteiger charge is -2.39. The minimum Gasteiger partial charge on any atom is -0.391 e. The van der Waals surface area contributed by atoms with Gasteiger partial charge in [-0.2, -0.15) is 0 Å². The van der Waals surface area contributed by atoms with Crippen molar-refractivity contribution in [1.82, 2.24) is 5.32 Å². The molecule has 2 rings (SSSR count). The van der Waals surface area contributed by atoms with Crippen LogP contribution < -0.4 is 11.1 Å². The molecular formula is C15H19ClN2OS. The molecule has 3 nitrogen and oxygen atoms in total. The summed E-state index contributed by atoms with van der Waals surface area (Å²) in [5.41, 5.74) is 5.92. The van der Waals surface area contributed by atoms with Gasteiger partial charge in [-0.3, -0.25) is 4.79 Å². The third kappa shape index (κ3) is 3.30. The summed E-state index contributed by atoms with van der Waals surface area (Å²) in [5.74, 6) is 0.508. The van der Waals surface area contributed by atoms with Gasteiger partial charge in [0.25, 0.3) is 5.91 Å². The van der Waals surface area contributed by atoms with Gasteiger partial charge < -0.3 is 11.1 Å². The van der Waals surface area contributed by atoms with Crippen LogP contribution in [-0.2, 0) is 0 Å². The first-order valence-electron chi connectivity index (χ1n) is 6.81. The Kier molecular flexibility index (Phi) is 4.66. The summed E-state index contributed by atoms with van der Waals surface area (Å²) in [5, 5.41) is 3.65. The Morgan fingerprint density at radius 3 is 2.40 bits per heavy atom. The lowest BCUT2D eigenvalue weighted by atomic mass is 9.77. The maximum atomic E-state index is 12.3. The molecule has 1 amide bonds. The topological polar surface area (TPSA) is 55.1 Å². The largest absolute Gasteiger partial charge is 0.391 e. The van der Waals surface area contributed by atoms with E-state index in [9.17, 15) is 4.79 Å². The zero-order valence-corrected chi connectivity index (χ0v) is 13.1. The Bertz CT molecular complexity index is 507. The van der Waals surface area contributed by atoms with Crippen molar-refractivity contribution in [2.75, 3.05) is 0 Å². The third-order valence-electron chi connectivity index (χ3n) is 4.06. The fourth-order valence-electron chi connectivity index (χ4n) is 2.58. The molecule has 3 N–H and O–H groups in total. The summed E-state index contributed by atoms with van der Waals surface area (Å²) in [7, 11) is 0. The molecule has 1 aliphatic rings. The predicted octanol–water partition coefficient (Wildman–Crippen LogP) is 3.30. The summed E-state index contributed by atoms with van der Waals surface area (Å²) in [4.78, 5) is 12.7. The number of carbonyl (C=O) groups excluding carboxylic acids is 1. The summed E-state index contributed by atoms with van der Waals surface area (Å²) in [6, 6.07) is 6.81. The van der Waals surface area contributed by atoms with Gasteiger partial charge in [0.05, 0.1) is 10.5 Å². The lowest BCUT2D eigenvalue weighted by molar-refractivity contribution is 0.0900. The molecule has 108 valence electrons. The number of hydrogen-bond donors (Lipinski definition) is 2. The zero-order valence-electron chi connectivity index (χ0n) is 11.5. The molecule has 5 heteroatoms. The average Bonchev–Trinajstić information content (AvgIpc) is 2.42. The fourth-order valence-corrected chi connectivity index (χ4v) is 2.96. The summed E-state index contributed by atoms with van der Waals surface area (Å²) in [6.07, 6.45) is 3.67. The third-order valence-corrected chi connectivity index (χ3v) is 4.70. The highest BCUT2D eigenvalue weighted by Crippen LogP contribution is 2.32. The van der Waals surface area contributed by atoms with Gasteiger partial charge in [0.15, 0.2) is 0 Å². The molecule has 20 heavy (non-hydrogen) atoms. The van der Waals surface area contributed by atoms with Gasteiger partial charge in [-0.05, 0) is 55.9 Å². The minimum absolute atomic E-state index is 0.149. The van der Waals surface area contributed by atoms with E-state index >= 15 is 0 Å². The number of benzene rings is 1. The summed E-state index contributed by atoms with van der Waals surface area (Å²) < 4.78 is 0. The van der Waals surface area contributed by atoms with Crippen LogP contribution in [0.3, 0.4) is 0 Å². The van der Waals surface area contributed by atoms with Crippen LogP contribution in [0.4, 0.5) is 0 Å². The first-order chi connectivity index (χ1) is 9.43. The molecule has 0 saturated heterocycles. The van der Waals surface area contributed by atoms with E-state index in [0.29, 0.717) is 21.5 Å². The maximum Gasteiger partial charge on any atom is 0.252 e. The molecule has 0 bridgehead atoms. The lowest BCUT2D eigenvalue weighted by Crippen LogP contribution is -2.58. The summed E-state index contributed by atoms with van der Waals surface area (Å²) in [6.45, 7) is 2.21. The number of amides is 1. The molecule has 1 aromatic rings. The normalized spacial score (nSPS) is 26.0. The molecule has 0 radical (unpaired) electrons. The fraction of sp³-hybridized carbons (Fsp3) is 0.467. The van der Waals surface area contributed by atoms with Crippen molar-refractivity contribution in [3.8, 4) is 0 Å². The van der Waals surface area contributed by atoms with Gasteiger partial charge in [0.1, 0.15) is 0 Å². The van der Waals surface area contributed by atoms with E-state index in [4.69, 9.17) is 29.6 Å². The van der Waals surface area contributed by atoms with Crippen molar-refractivity contribution in [3.05, 3.63) is 34.9 Å². The number of carbonyl (C=O) groups is 1. The Balaban J connectivity index is 2.14. The number of hydrogen-bond acceptors (Lipinski definition) is 2. The highest BCUT2D eigenvalue weighted by molar-refractivity contribution is 7.80. The van der Waals surface area contributed by atoms with Gasteiger partial charge in [0, 0.05) is 10.6 Å². The van der Waals surface area contributed by atoms with Crippen LogP contribution in [0.2, 0.25) is 5.02 Å². The molecule has 0 aliphatic heterocycles. The Hall–Kier alpha value is -1.13. The number of rotatable bonds is 3. The van der Waals surface area contributed by atoms with Crippen molar-refractivity contribution in [2.24, 2.45) is 11.7 Å². The Morgan fingerprint density at radius 1 is 1.35 bits per heavy atom. The molecule has 1 fully saturated rings. The van der Waals surface area contributed by atoms with E-state index in [0.717, 1.165) is 25.7 Å². The Morgan fingerprint density at radius 2 is 1.90 bits per heavy atom. The van der Waals surface area contributed by atoms with Gasteiger partial charge in [0.2, 0.25) is 0 Å². The highest BCUT2D eigenvalue weighted by Gasteiger charge is 2.38. The van der Waals surface area contributed by atoms with Crippen molar-refractivity contribution in [2.45, 2.75) is 38.1 Å². The van der Waals surface area contributed by atoms with Crippen molar-refractivity contribution >= 4 is 34.7 Å². The monoisotopic (exact) mass is 310 g/mol. The maximum absolute atomic E-state index is 12.3. The second-order valence-electron chi connectivity index (χ2n) is 5.59. The van der Waals surface area contributed by atoms with Crippen molar-refractivity contribution in [1.29, 1.82) is 0 Å². The smallest absolute Gasteiger partial charge is 0.252 e. The summed E-state index contributed by atoms with van der Waals surface area (Å²) >= 11 is 11.0. The van der Waals surface area contributed by atoms with Crippen LogP contribution >= 0.6 is 23.8 Å².